The van der Waals surface area contributed by atoms with E-state index in [1.807, 2.05) is 14.0 Å². The summed E-state index contributed by atoms with van der Waals surface area (Å²) in [6, 6.07) is 0. The number of hydrogen-bond acceptors (Lipinski definition) is 3. The van der Waals surface area contributed by atoms with Gasteiger partial charge in [0.25, 0.3) is 0 Å². The zero-order chi connectivity index (χ0) is 13.0. The number of nitrogens with zero attached hydrogens (tertiary/aromatic N) is 2. The maximum Gasteiger partial charge on any atom is 0.222 e. The van der Waals surface area contributed by atoms with Crippen LogP contribution in [0.3, 0.4) is 0 Å². The minimum absolute atomic E-state index is 0.186. The molecule has 1 atom stereocenters. The third-order valence-corrected chi connectivity index (χ3v) is 3.49. The maximum atomic E-state index is 12.1. The SMILES string of the molecule is Cc1[nH]ncc1CN(C)C(=O)C[C@H]1CCCOC1. The topological polar surface area (TPSA) is 58.2 Å². The third-order valence-electron chi connectivity index (χ3n) is 3.49. The van der Waals surface area contributed by atoms with Crippen LogP contribution >= 0.6 is 0 Å². The van der Waals surface area contributed by atoms with E-state index in [-0.39, 0.29) is 5.91 Å². The summed E-state index contributed by atoms with van der Waals surface area (Å²) in [7, 11) is 1.85. The van der Waals surface area contributed by atoms with Gasteiger partial charge in [-0.05, 0) is 25.7 Å². The second-order valence-corrected chi connectivity index (χ2v) is 5.06. The molecule has 0 aromatic carbocycles. The number of carbonyl (C=O) groups is 1. The molecular formula is C13H21N3O2. The smallest absolute Gasteiger partial charge is 0.222 e. The van der Waals surface area contributed by atoms with E-state index in [9.17, 15) is 4.79 Å². The number of nitrogens with one attached hydrogen (secondary N) is 1. The Kier molecular flexibility index (Phi) is 4.36. The average molecular weight is 251 g/mol. The summed E-state index contributed by atoms with van der Waals surface area (Å²) in [5.74, 6) is 0.574. The van der Waals surface area contributed by atoms with Crippen LogP contribution in [0, 0.1) is 12.8 Å². The van der Waals surface area contributed by atoms with Crippen LogP contribution in [-0.4, -0.2) is 41.3 Å². The molecule has 1 aliphatic heterocycles. The lowest BCUT2D eigenvalue weighted by Gasteiger charge is -2.24. The molecule has 18 heavy (non-hydrogen) atoms. The lowest BCUT2D eigenvalue weighted by molar-refractivity contribution is -0.132. The summed E-state index contributed by atoms with van der Waals surface area (Å²) in [5.41, 5.74) is 2.10. The zero-order valence-electron chi connectivity index (χ0n) is 11.1. The minimum atomic E-state index is 0.186. The van der Waals surface area contributed by atoms with Crippen molar-refractivity contribution in [2.24, 2.45) is 5.92 Å². The molecule has 1 N–H and O–H groups in total. The molecule has 0 saturated carbocycles. The molecule has 1 amide bonds. The number of aromatic amines is 1. The molecule has 1 saturated heterocycles. The van der Waals surface area contributed by atoms with E-state index >= 15 is 0 Å². The van der Waals surface area contributed by atoms with Gasteiger partial charge in [0.15, 0.2) is 0 Å². The van der Waals surface area contributed by atoms with Crippen molar-refractivity contribution in [2.75, 3.05) is 20.3 Å². The summed E-state index contributed by atoms with van der Waals surface area (Å²) < 4.78 is 5.40. The van der Waals surface area contributed by atoms with Gasteiger partial charge in [-0.15, -0.1) is 0 Å². The van der Waals surface area contributed by atoms with Gasteiger partial charge in [0.2, 0.25) is 5.91 Å². The Labute approximate surface area is 108 Å². The first kappa shape index (κ1) is 13.1. The van der Waals surface area contributed by atoms with Crippen LogP contribution in [0.5, 0.6) is 0 Å². The van der Waals surface area contributed by atoms with Gasteiger partial charge in [-0.1, -0.05) is 0 Å². The predicted octanol–water partition coefficient (Wildman–Crippen LogP) is 1.49. The van der Waals surface area contributed by atoms with E-state index < -0.39 is 0 Å². The van der Waals surface area contributed by atoms with Crippen molar-refractivity contribution in [1.82, 2.24) is 15.1 Å². The Hall–Kier alpha value is -1.36. The van der Waals surface area contributed by atoms with Crippen molar-refractivity contribution in [3.05, 3.63) is 17.5 Å². The van der Waals surface area contributed by atoms with Crippen LogP contribution in [0.4, 0.5) is 0 Å². The van der Waals surface area contributed by atoms with Crippen LogP contribution in [0.15, 0.2) is 6.20 Å². The predicted molar refractivity (Wildman–Crippen MR) is 68.0 cm³/mol. The van der Waals surface area contributed by atoms with Gasteiger partial charge in [-0.3, -0.25) is 9.89 Å². The Morgan fingerprint density at radius 1 is 1.67 bits per heavy atom. The first-order valence-electron chi connectivity index (χ1n) is 6.47. The van der Waals surface area contributed by atoms with Crippen molar-refractivity contribution in [1.29, 1.82) is 0 Å². The lowest BCUT2D eigenvalue weighted by Crippen LogP contribution is -2.30. The number of amides is 1. The monoisotopic (exact) mass is 251 g/mol. The number of rotatable bonds is 4. The summed E-state index contributed by atoms with van der Waals surface area (Å²) >= 11 is 0. The summed E-state index contributed by atoms with van der Waals surface area (Å²) in [5, 5.41) is 6.85. The van der Waals surface area contributed by atoms with Crippen molar-refractivity contribution in [2.45, 2.75) is 32.7 Å². The van der Waals surface area contributed by atoms with Gasteiger partial charge in [-0.2, -0.15) is 5.10 Å². The van der Waals surface area contributed by atoms with Gasteiger partial charge in [0.05, 0.1) is 6.20 Å². The Balaban J connectivity index is 1.83. The fourth-order valence-electron chi connectivity index (χ4n) is 2.25. The van der Waals surface area contributed by atoms with Crippen molar-refractivity contribution < 1.29 is 9.53 Å². The standard InChI is InChI=1S/C13H21N3O2/c1-10-12(7-14-15-10)8-16(2)13(17)6-11-4-3-5-18-9-11/h7,11H,3-6,8-9H2,1-2H3,(H,14,15)/t11-/m1/s1. The van der Waals surface area contributed by atoms with Crippen LogP contribution < -0.4 is 0 Å². The second kappa shape index (κ2) is 6.00. The fraction of sp³-hybridized carbons (Fsp3) is 0.692. The van der Waals surface area contributed by atoms with E-state index in [2.05, 4.69) is 10.2 Å². The highest BCUT2D eigenvalue weighted by Gasteiger charge is 2.20. The van der Waals surface area contributed by atoms with Crippen LogP contribution in [-0.2, 0) is 16.1 Å². The second-order valence-electron chi connectivity index (χ2n) is 5.06. The first-order chi connectivity index (χ1) is 8.66. The van der Waals surface area contributed by atoms with Crippen molar-refractivity contribution in [3.8, 4) is 0 Å². The fourth-order valence-corrected chi connectivity index (χ4v) is 2.25. The highest BCUT2D eigenvalue weighted by atomic mass is 16.5. The molecule has 5 nitrogen and oxygen atoms in total. The molecule has 1 aromatic rings. The van der Waals surface area contributed by atoms with Crippen LogP contribution in [0.1, 0.15) is 30.5 Å². The Bertz CT molecular complexity index is 397. The largest absolute Gasteiger partial charge is 0.381 e. The molecule has 1 aromatic heterocycles. The zero-order valence-corrected chi connectivity index (χ0v) is 11.1. The molecule has 0 spiro atoms. The molecule has 0 unspecified atom stereocenters. The van der Waals surface area contributed by atoms with Crippen LogP contribution in [0.2, 0.25) is 0 Å². The van der Waals surface area contributed by atoms with E-state index in [0.717, 1.165) is 37.3 Å². The number of hydrogen-bond donors (Lipinski definition) is 1. The van der Waals surface area contributed by atoms with E-state index in [0.29, 0.717) is 18.9 Å². The van der Waals surface area contributed by atoms with E-state index in [4.69, 9.17) is 4.74 Å². The van der Waals surface area contributed by atoms with Crippen LogP contribution in [0.25, 0.3) is 0 Å². The number of H-pyrrole nitrogens is 1. The number of aromatic nitrogens is 2. The molecule has 2 rings (SSSR count). The molecule has 1 fully saturated rings. The molecule has 0 radical (unpaired) electrons. The maximum absolute atomic E-state index is 12.1. The third kappa shape index (κ3) is 3.32. The lowest BCUT2D eigenvalue weighted by atomic mass is 9.98. The summed E-state index contributed by atoms with van der Waals surface area (Å²) in [4.78, 5) is 13.9. The molecule has 0 aliphatic carbocycles. The highest BCUT2D eigenvalue weighted by molar-refractivity contribution is 5.76. The molecule has 100 valence electrons. The molecular weight excluding hydrogens is 230 g/mol. The van der Waals surface area contributed by atoms with Gasteiger partial charge in [0.1, 0.15) is 0 Å². The Morgan fingerprint density at radius 3 is 3.11 bits per heavy atom. The molecule has 0 bridgehead atoms. The number of ether oxygens (including phenoxy) is 1. The van der Waals surface area contributed by atoms with E-state index in [1.165, 1.54) is 0 Å². The number of aryl methyl sites for hydroxylation is 1. The highest BCUT2D eigenvalue weighted by Crippen LogP contribution is 2.18. The van der Waals surface area contributed by atoms with Gasteiger partial charge in [-0.25, -0.2) is 0 Å². The Morgan fingerprint density at radius 2 is 2.50 bits per heavy atom. The summed E-state index contributed by atoms with van der Waals surface area (Å²) in [6.07, 6.45) is 4.54. The van der Waals surface area contributed by atoms with Gasteiger partial charge in [0, 0.05) is 44.5 Å². The van der Waals surface area contributed by atoms with Gasteiger partial charge < -0.3 is 9.64 Å². The molecule has 2 heterocycles. The molecule has 5 heteroatoms. The quantitative estimate of drug-likeness (QED) is 0.882. The normalized spacial score (nSPS) is 19.8. The van der Waals surface area contributed by atoms with Crippen molar-refractivity contribution in [3.63, 3.8) is 0 Å². The summed E-state index contributed by atoms with van der Waals surface area (Å²) in [6.45, 7) is 4.16. The molecule has 1 aliphatic rings. The van der Waals surface area contributed by atoms with E-state index in [1.54, 1.807) is 11.1 Å². The average Bonchev–Trinajstić information content (AvgIpc) is 2.76. The number of carbonyl (C=O) groups excluding carboxylic acids is 1. The van der Waals surface area contributed by atoms with Crippen molar-refractivity contribution >= 4 is 5.91 Å². The van der Waals surface area contributed by atoms with Gasteiger partial charge >= 0.3 is 0 Å². The first-order valence-corrected chi connectivity index (χ1v) is 6.47. The minimum Gasteiger partial charge on any atom is -0.381 e.